The van der Waals surface area contributed by atoms with Crippen LogP contribution in [0.1, 0.15) is 30.1 Å². The predicted molar refractivity (Wildman–Crippen MR) is 118 cm³/mol. The van der Waals surface area contributed by atoms with E-state index in [0.29, 0.717) is 6.54 Å². The van der Waals surface area contributed by atoms with E-state index < -0.39 is 4.92 Å². The SMILES string of the molecule is COc1ccc(C(CNc2oc(-c3ccccc3[N+](=O)[O-])nc2C#N)N2CCCC2)cc1. The van der Waals surface area contributed by atoms with Gasteiger partial charge in [-0.2, -0.15) is 10.2 Å². The van der Waals surface area contributed by atoms with Gasteiger partial charge in [-0.25, -0.2) is 0 Å². The fourth-order valence-corrected chi connectivity index (χ4v) is 3.97. The normalized spacial score (nSPS) is 14.6. The van der Waals surface area contributed by atoms with Gasteiger partial charge >= 0.3 is 0 Å². The molecule has 0 radical (unpaired) electrons. The minimum atomic E-state index is -0.494. The maximum absolute atomic E-state index is 11.4. The molecule has 9 nitrogen and oxygen atoms in total. The number of aromatic nitrogens is 1. The van der Waals surface area contributed by atoms with Crippen LogP contribution in [0.5, 0.6) is 5.75 Å². The molecule has 1 saturated heterocycles. The molecule has 0 amide bonds. The summed E-state index contributed by atoms with van der Waals surface area (Å²) in [4.78, 5) is 17.4. The zero-order chi connectivity index (χ0) is 22.5. The summed E-state index contributed by atoms with van der Waals surface area (Å²) in [5, 5.41) is 24.1. The van der Waals surface area contributed by atoms with Crippen LogP contribution in [-0.4, -0.2) is 41.6 Å². The Labute approximate surface area is 185 Å². The number of likely N-dealkylation sites (tertiary alicyclic amines) is 1. The molecule has 0 bridgehead atoms. The number of nitriles is 1. The first-order chi connectivity index (χ1) is 15.6. The molecule has 1 aliphatic rings. The lowest BCUT2D eigenvalue weighted by Gasteiger charge is -2.28. The second-order valence-corrected chi connectivity index (χ2v) is 7.50. The molecule has 1 fully saturated rings. The Kier molecular flexibility index (Phi) is 6.33. The van der Waals surface area contributed by atoms with Crippen LogP contribution in [0.4, 0.5) is 11.6 Å². The van der Waals surface area contributed by atoms with Gasteiger partial charge < -0.3 is 14.5 Å². The van der Waals surface area contributed by atoms with E-state index in [-0.39, 0.29) is 34.8 Å². The Bertz CT molecular complexity index is 1130. The smallest absolute Gasteiger partial charge is 0.282 e. The first-order valence-electron chi connectivity index (χ1n) is 10.4. The van der Waals surface area contributed by atoms with Crippen LogP contribution in [0.15, 0.2) is 52.9 Å². The average molecular weight is 433 g/mol. The zero-order valence-corrected chi connectivity index (χ0v) is 17.7. The zero-order valence-electron chi connectivity index (χ0n) is 17.7. The van der Waals surface area contributed by atoms with Crippen molar-refractivity contribution in [2.45, 2.75) is 18.9 Å². The van der Waals surface area contributed by atoms with Gasteiger partial charge in [-0.15, -0.1) is 0 Å². The first-order valence-corrected chi connectivity index (χ1v) is 10.4. The molecule has 9 heteroatoms. The Morgan fingerprint density at radius 1 is 1.25 bits per heavy atom. The van der Waals surface area contributed by atoms with E-state index in [2.05, 4.69) is 15.2 Å². The topological polar surface area (TPSA) is 117 Å². The lowest BCUT2D eigenvalue weighted by atomic mass is 10.1. The van der Waals surface area contributed by atoms with Crippen LogP contribution in [0.2, 0.25) is 0 Å². The van der Waals surface area contributed by atoms with Crippen LogP contribution >= 0.6 is 0 Å². The van der Waals surface area contributed by atoms with Crippen LogP contribution < -0.4 is 10.1 Å². The number of hydrogen-bond donors (Lipinski definition) is 1. The molecule has 164 valence electrons. The minimum Gasteiger partial charge on any atom is -0.497 e. The van der Waals surface area contributed by atoms with Gasteiger partial charge in [0.15, 0.2) is 0 Å². The predicted octanol–water partition coefficient (Wildman–Crippen LogP) is 4.38. The molecule has 1 aliphatic heterocycles. The number of benzene rings is 2. The Balaban J connectivity index is 1.60. The van der Waals surface area contributed by atoms with Crippen LogP contribution in [-0.2, 0) is 0 Å². The van der Waals surface area contributed by atoms with Crippen molar-refractivity contribution >= 4 is 11.6 Å². The number of anilines is 1. The summed E-state index contributed by atoms with van der Waals surface area (Å²) in [6.07, 6.45) is 2.28. The fraction of sp³-hybridized carbons (Fsp3) is 0.304. The van der Waals surface area contributed by atoms with Crippen molar-refractivity contribution in [3.05, 3.63) is 69.9 Å². The number of oxazole rings is 1. The molecule has 2 aromatic carbocycles. The minimum absolute atomic E-state index is 0.0403. The van der Waals surface area contributed by atoms with E-state index in [9.17, 15) is 15.4 Å². The van der Waals surface area contributed by atoms with E-state index in [0.717, 1.165) is 37.2 Å². The standard InChI is InChI=1S/C23H23N5O4/c1-31-17-10-8-16(9-11-17)21(27-12-4-5-13-27)15-25-23-19(14-24)26-22(32-23)18-6-2-3-7-20(18)28(29)30/h2-3,6-11,21,25H,4-5,12-13,15H2,1H3. The number of rotatable bonds is 8. The summed E-state index contributed by atoms with van der Waals surface area (Å²) in [5.74, 6) is 1.04. The lowest BCUT2D eigenvalue weighted by molar-refractivity contribution is -0.384. The molecule has 1 aromatic heterocycles. The van der Waals surface area contributed by atoms with Crippen molar-refractivity contribution in [1.82, 2.24) is 9.88 Å². The molecule has 3 aromatic rings. The summed E-state index contributed by atoms with van der Waals surface area (Å²) < 4.78 is 11.0. The number of nitro groups is 1. The van der Waals surface area contributed by atoms with E-state index >= 15 is 0 Å². The van der Waals surface area contributed by atoms with Gasteiger partial charge in [0, 0.05) is 12.6 Å². The summed E-state index contributed by atoms with van der Waals surface area (Å²) >= 11 is 0. The molecule has 2 heterocycles. The van der Waals surface area contributed by atoms with Gasteiger partial charge in [0.2, 0.25) is 17.5 Å². The molecule has 1 atom stereocenters. The monoisotopic (exact) mass is 433 g/mol. The number of para-hydroxylation sites is 1. The third kappa shape index (κ3) is 4.40. The van der Waals surface area contributed by atoms with Crippen molar-refractivity contribution in [2.24, 2.45) is 0 Å². The second-order valence-electron chi connectivity index (χ2n) is 7.50. The van der Waals surface area contributed by atoms with Crippen molar-refractivity contribution in [2.75, 3.05) is 32.1 Å². The molecule has 0 saturated carbocycles. The van der Waals surface area contributed by atoms with Crippen LogP contribution in [0.25, 0.3) is 11.5 Å². The number of nitrogens with one attached hydrogen (secondary N) is 1. The highest BCUT2D eigenvalue weighted by Crippen LogP contribution is 2.33. The summed E-state index contributed by atoms with van der Waals surface area (Å²) in [6.45, 7) is 2.47. The second kappa shape index (κ2) is 9.49. The lowest BCUT2D eigenvalue weighted by Crippen LogP contribution is -2.31. The third-order valence-corrected chi connectivity index (χ3v) is 5.60. The van der Waals surface area contributed by atoms with E-state index in [4.69, 9.17) is 9.15 Å². The number of ether oxygens (including phenoxy) is 1. The van der Waals surface area contributed by atoms with Gasteiger partial charge in [-0.05, 0) is 49.7 Å². The summed E-state index contributed by atoms with van der Waals surface area (Å²) in [5.41, 5.74) is 1.29. The van der Waals surface area contributed by atoms with E-state index in [1.54, 1.807) is 25.3 Å². The Morgan fingerprint density at radius 2 is 1.97 bits per heavy atom. The van der Waals surface area contributed by atoms with Gasteiger partial charge in [-0.3, -0.25) is 15.0 Å². The van der Waals surface area contributed by atoms with E-state index in [1.807, 2.05) is 30.3 Å². The molecule has 32 heavy (non-hydrogen) atoms. The fourth-order valence-electron chi connectivity index (χ4n) is 3.97. The van der Waals surface area contributed by atoms with Crippen molar-refractivity contribution in [3.63, 3.8) is 0 Å². The van der Waals surface area contributed by atoms with Crippen molar-refractivity contribution in [1.29, 1.82) is 5.26 Å². The van der Waals surface area contributed by atoms with Crippen molar-refractivity contribution in [3.8, 4) is 23.3 Å². The first kappa shape index (κ1) is 21.3. The van der Waals surface area contributed by atoms with Crippen molar-refractivity contribution < 1.29 is 14.1 Å². The largest absolute Gasteiger partial charge is 0.497 e. The maximum Gasteiger partial charge on any atom is 0.282 e. The third-order valence-electron chi connectivity index (χ3n) is 5.60. The van der Waals surface area contributed by atoms with E-state index in [1.165, 1.54) is 6.07 Å². The molecule has 1 unspecified atom stereocenters. The van der Waals surface area contributed by atoms with Gasteiger partial charge in [0.25, 0.3) is 5.69 Å². The molecule has 1 N–H and O–H groups in total. The number of nitro benzene ring substituents is 1. The van der Waals surface area contributed by atoms with Crippen LogP contribution in [0, 0.1) is 21.4 Å². The average Bonchev–Trinajstić information content (AvgIpc) is 3.50. The summed E-state index contributed by atoms with van der Waals surface area (Å²) in [7, 11) is 1.64. The molecule has 4 rings (SSSR count). The highest BCUT2D eigenvalue weighted by Gasteiger charge is 2.26. The maximum atomic E-state index is 11.4. The number of hydrogen-bond acceptors (Lipinski definition) is 8. The Morgan fingerprint density at radius 3 is 2.62 bits per heavy atom. The highest BCUT2D eigenvalue weighted by atomic mass is 16.6. The Hall–Kier alpha value is -3.90. The van der Waals surface area contributed by atoms with Gasteiger partial charge in [-0.1, -0.05) is 24.3 Å². The molecular formula is C23H23N5O4. The number of nitrogens with zero attached hydrogens (tertiary/aromatic N) is 4. The van der Waals surface area contributed by atoms with Crippen LogP contribution in [0.3, 0.4) is 0 Å². The molecular weight excluding hydrogens is 410 g/mol. The van der Waals surface area contributed by atoms with Gasteiger partial charge in [0.1, 0.15) is 17.4 Å². The molecule has 0 spiro atoms. The molecule has 0 aliphatic carbocycles. The summed E-state index contributed by atoms with van der Waals surface area (Å²) in [6, 6.07) is 16.2. The highest BCUT2D eigenvalue weighted by molar-refractivity contribution is 5.68. The van der Waals surface area contributed by atoms with Gasteiger partial charge in [0.05, 0.1) is 18.1 Å². The number of methoxy groups -OCH3 is 1. The quantitative estimate of drug-likeness (QED) is 0.411.